The number of hydrogen-bond donors (Lipinski definition) is 0. The molecule has 1 aromatic rings. The molecule has 0 unspecified atom stereocenters. The van der Waals surface area contributed by atoms with Crippen molar-refractivity contribution in [2.45, 2.75) is 50.7 Å². The molecule has 0 aliphatic rings. The molecule has 1 rings (SSSR count). The Balaban J connectivity index is 2.78. The number of benzene rings is 1. The van der Waals surface area contributed by atoms with Crippen molar-refractivity contribution in [3.8, 4) is 0 Å². The highest BCUT2D eigenvalue weighted by atomic mass is 28.4. The molecule has 1 aromatic carbocycles. The first-order chi connectivity index (χ1) is 12.7. The molecule has 156 valence electrons. The molecular formula is C19H37FO4Si3. The van der Waals surface area contributed by atoms with Gasteiger partial charge in [-0.25, -0.2) is 4.39 Å². The largest absolute Gasteiger partial charge is 0.499 e. The maximum atomic E-state index is 12.1. The molecule has 0 aliphatic heterocycles. The van der Waals surface area contributed by atoms with E-state index in [1.165, 1.54) is 10.4 Å². The second kappa shape index (κ2) is 11.0. The molecule has 0 saturated heterocycles. The summed E-state index contributed by atoms with van der Waals surface area (Å²) in [5.41, 5.74) is 0. The zero-order valence-electron chi connectivity index (χ0n) is 18.1. The molecule has 0 N–H and O–H groups in total. The van der Waals surface area contributed by atoms with Gasteiger partial charge >= 0.3 is 8.80 Å². The fraction of sp³-hybridized carbons (Fsp3) is 0.684. The summed E-state index contributed by atoms with van der Waals surface area (Å²) in [6.45, 7) is 9.34. The summed E-state index contributed by atoms with van der Waals surface area (Å²) in [4.78, 5) is 0. The number of alkyl halides is 1. The van der Waals surface area contributed by atoms with Gasteiger partial charge in [-0.1, -0.05) is 66.9 Å². The van der Waals surface area contributed by atoms with E-state index >= 15 is 0 Å². The normalized spacial score (nSPS) is 13.2. The molecule has 0 radical (unpaired) electrons. The molecule has 0 heterocycles. The van der Waals surface area contributed by atoms with Crippen molar-refractivity contribution >= 4 is 35.3 Å². The smallest absolute Gasteiger partial charge is 0.377 e. The first kappa shape index (κ1) is 24.7. The SMILES string of the molecule is CO[Si](CC[Si](C)(C)c1ccc([Si](C)(C)CCCOCF)cc1)(OC)OC. The number of ether oxygens (including phenoxy) is 1. The second-order valence-corrected chi connectivity index (χ2v) is 21.0. The minimum Gasteiger partial charge on any atom is -0.377 e. The highest BCUT2D eigenvalue weighted by Gasteiger charge is 2.40. The van der Waals surface area contributed by atoms with E-state index in [0.29, 0.717) is 6.61 Å². The van der Waals surface area contributed by atoms with Gasteiger partial charge in [0.05, 0.1) is 16.1 Å². The molecular weight excluding hydrogens is 395 g/mol. The highest BCUT2D eigenvalue weighted by Crippen LogP contribution is 2.22. The number of halogens is 1. The lowest BCUT2D eigenvalue weighted by molar-refractivity contribution is 0.0583. The molecule has 0 spiro atoms. The number of hydrogen-bond acceptors (Lipinski definition) is 4. The van der Waals surface area contributed by atoms with Gasteiger partial charge in [-0.15, -0.1) is 0 Å². The van der Waals surface area contributed by atoms with Crippen molar-refractivity contribution in [2.75, 3.05) is 34.8 Å². The van der Waals surface area contributed by atoms with Gasteiger partial charge in [0.15, 0.2) is 6.86 Å². The average molecular weight is 433 g/mol. The lowest BCUT2D eigenvalue weighted by atomic mass is 10.4. The third kappa shape index (κ3) is 7.19. The second-order valence-electron chi connectivity index (χ2n) is 8.26. The molecule has 0 fully saturated rings. The minimum absolute atomic E-state index is 0.509. The van der Waals surface area contributed by atoms with Crippen molar-refractivity contribution < 1.29 is 22.4 Å². The Labute approximate surface area is 167 Å². The van der Waals surface area contributed by atoms with Crippen LogP contribution in [-0.4, -0.2) is 59.7 Å². The van der Waals surface area contributed by atoms with E-state index in [0.717, 1.165) is 24.6 Å². The van der Waals surface area contributed by atoms with Gasteiger partial charge in [-0.05, 0) is 12.5 Å². The van der Waals surface area contributed by atoms with Crippen molar-refractivity contribution in [1.82, 2.24) is 0 Å². The van der Waals surface area contributed by atoms with Crippen LogP contribution in [0.4, 0.5) is 4.39 Å². The lowest BCUT2D eigenvalue weighted by Crippen LogP contribution is -2.48. The Bertz CT molecular complexity index is 540. The van der Waals surface area contributed by atoms with E-state index in [1.54, 1.807) is 21.3 Å². The molecule has 0 amide bonds. The Morgan fingerprint density at radius 1 is 0.741 bits per heavy atom. The summed E-state index contributed by atoms with van der Waals surface area (Å²) < 4.78 is 33.6. The van der Waals surface area contributed by atoms with E-state index < -0.39 is 31.8 Å². The van der Waals surface area contributed by atoms with Crippen LogP contribution >= 0.6 is 0 Å². The fourth-order valence-electron chi connectivity index (χ4n) is 3.35. The molecule has 8 heteroatoms. The minimum atomic E-state index is -2.52. The van der Waals surface area contributed by atoms with Gasteiger partial charge in [0.1, 0.15) is 0 Å². The third-order valence-electron chi connectivity index (χ3n) is 5.60. The Morgan fingerprint density at radius 2 is 1.19 bits per heavy atom. The quantitative estimate of drug-likeness (QED) is 0.352. The molecule has 4 nitrogen and oxygen atoms in total. The van der Waals surface area contributed by atoms with Crippen LogP contribution in [0.3, 0.4) is 0 Å². The van der Waals surface area contributed by atoms with E-state index in [-0.39, 0.29) is 0 Å². The molecule has 0 atom stereocenters. The first-order valence-corrected chi connectivity index (χ1v) is 17.9. The molecule has 0 aliphatic carbocycles. The standard InChI is InChI=1S/C19H37FO4Si3/c1-21-27(22-2,23-3)16-15-26(6,7)19-11-9-18(10-12-19)25(4,5)14-8-13-24-17-20/h9-12H,8,13-17H2,1-7H3. The summed E-state index contributed by atoms with van der Waals surface area (Å²) in [7, 11) is -0.621. The highest BCUT2D eigenvalue weighted by molar-refractivity contribution is 6.91. The topological polar surface area (TPSA) is 36.9 Å². The van der Waals surface area contributed by atoms with E-state index in [4.69, 9.17) is 18.0 Å². The molecule has 0 bridgehead atoms. The third-order valence-corrected chi connectivity index (χ3v) is 15.7. The monoisotopic (exact) mass is 432 g/mol. The molecule has 0 saturated carbocycles. The summed E-state index contributed by atoms with van der Waals surface area (Å²) in [6, 6.07) is 12.2. The fourth-order valence-corrected chi connectivity index (χ4v) is 11.9. The van der Waals surface area contributed by atoms with Crippen LogP contribution in [0.2, 0.25) is 44.3 Å². The van der Waals surface area contributed by atoms with Crippen LogP contribution in [-0.2, 0) is 18.0 Å². The van der Waals surface area contributed by atoms with Gasteiger partial charge < -0.3 is 18.0 Å². The zero-order chi connectivity index (χ0) is 20.6. The van der Waals surface area contributed by atoms with E-state index in [9.17, 15) is 4.39 Å². The zero-order valence-corrected chi connectivity index (χ0v) is 21.1. The van der Waals surface area contributed by atoms with Crippen molar-refractivity contribution in [3.05, 3.63) is 24.3 Å². The Hall–Kier alpha value is -0.359. The van der Waals surface area contributed by atoms with E-state index in [1.807, 2.05) is 0 Å². The average Bonchev–Trinajstić information content (AvgIpc) is 2.67. The summed E-state index contributed by atoms with van der Waals surface area (Å²) in [6.07, 6.45) is 0.920. The van der Waals surface area contributed by atoms with Crippen molar-refractivity contribution in [2.24, 2.45) is 0 Å². The summed E-state index contributed by atoms with van der Waals surface area (Å²) >= 11 is 0. The molecule has 27 heavy (non-hydrogen) atoms. The van der Waals surface area contributed by atoms with Gasteiger partial charge in [0.2, 0.25) is 0 Å². The van der Waals surface area contributed by atoms with Crippen LogP contribution in [0.5, 0.6) is 0 Å². The van der Waals surface area contributed by atoms with Gasteiger partial charge in [-0.2, -0.15) is 0 Å². The van der Waals surface area contributed by atoms with Crippen LogP contribution in [0.15, 0.2) is 24.3 Å². The van der Waals surface area contributed by atoms with Crippen LogP contribution in [0.1, 0.15) is 6.42 Å². The van der Waals surface area contributed by atoms with Gasteiger partial charge in [0, 0.05) is 34.0 Å². The van der Waals surface area contributed by atoms with Crippen LogP contribution < -0.4 is 10.4 Å². The van der Waals surface area contributed by atoms with Crippen molar-refractivity contribution in [1.29, 1.82) is 0 Å². The van der Waals surface area contributed by atoms with Gasteiger partial charge in [0.25, 0.3) is 0 Å². The summed E-state index contributed by atoms with van der Waals surface area (Å²) in [5.74, 6) is 0. The summed E-state index contributed by atoms with van der Waals surface area (Å²) in [5, 5.41) is 2.90. The van der Waals surface area contributed by atoms with Crippen LogP contribution in [0, 0.1) is 0 Å². The Kier molecular flexibility index (Phi) is 10.0. The lowest BCUT2D eigenvalue weighted by Gasteiger charge is -2.30. The number of rotatable bonds is 13. The van der Waals surface area contributed by atoms with Gasteiger partial charge in [-0.3, -0.25) is 0 Å². The molecule has 0 aromatic heterocycles. The Morgan fingerprint density at radius 3 is 1.59 bits per heavy atom. The predicted octanol–water partition coefficient (Wildman–Crippen LogP) is 3.73. The van der Waals surface area contributed by atoms with Crippen molar-refractivity contribution in [3.63, 3.8) is 0 Å². The maximum absolute atomic E-state index is 12.1. The van der Waals surface area contributed by atoms with Crippen LogP contribution in [0.25, 0.3) is 0 Å². The maximum Gasteiger partial charge on any atom is 0.499 e. The predicted molar refractivity (Wildman–Crippen MR) is 118 cm³/mol. The van der Waals surface area contributed by atoms with E-state index in [2.05, 4.69) is 50.5 Å². The first-order valence-electron chi connectivity index (χ1n) is 9.56.